The molecule has 0 unspecified atom stereocenters. The largest absolute Gasteiger partial charge is 0.374 e. The lowest BCUT2D eigenvalue weighted by Crippen LogP contribution is -2.27. The molecule has 0 bridgehead atoms. The molecular formula is C7H9BrN4O2. The van der Waals surface area contributed by atoms with Crippen LogP contribution in [0, 0.1) is 0 Å². The Morgan fingerprint density at radius 2 is 2.43 bits per heavy atom. The van der Waals surface area contributed by atoms with Gasteiger partial charge in [0.1, 0.15) is 4.47 Å². The number of carbonyl (C=O) groups is 1. The Morgan fingerprint density at radius 1 is 1.71 bits per heavy atom. The van der Waals surface area contributed by atoms with Crippen LogP contribution in [0.15, 0.2) is 15.5 Å². The molecule has 0 aliphatic heterocycles. The first-order valence-corrected chi connectivity index (χ1v) is 4.62. The quantitative estimate of drug-likeness (QED) is 0.696. The first-order chi connectivity index (χ1) is 6.65. The van der Waals surface area contributed by atoms with E-state index in [9.17, 15) is 9.59 Å². The van der Waals surface area contributed by atoms with Gasteiger partial charge < -0.3 is 10.6 Å². The van der Waals surface area contributed by atoms with E-state index in [0.717, 1.165) is 0 Å². The van der Waals surface area contributed by atoms with Crippen LogP contribution in [-0.4, -0.2) is 29.7 Å². The van der Waals surface area contributed by atoms with Crippen LogP contribution >= 0.6 is 15.9 Å². The van der Waals surface area contributed by atoms with E-state index in [1.165, 1.54) is 13.2 Å². The second-order valence-electron chi connectivity index (χ2n) is 2.45. The fourth-order valence-corrected chi connectivity index (χ4v) is 1.10. The lowest BCUT2D eigenvalue weighted by atomic mass is 10.4. The van der Waals surface area contributed by atoms with Crippen molar-refractivity contribution >= 4 is 27.5 Å². The van der Waals surface area contributed by atoms with Crippen molar-refractivity contribution in [3.8, 4) is 0 Å². The Balaban J connectivity index is 2.73. The zero-order valence-corrected chi connectivity index (χ0v) is 9.01. The van der Waals surface area contributed by atoms with Gasteiger partial charge in [0.2, 0.25) is 5.91 Å². The van der Waals surface area contributed by atoms with Crippen LogP contribution in [0.5, 0.6) is 0 Å². The summed E-state index contributed by atoms with van der Waals surface area (Å²) in [5, 5.41) is 11.0. The molecular weight excluding hydrogens is 252 g/mol. The number of aromatic amines is 1. The van der Waals surface area contributed by atoms with E-state index in [1.807, 2.05) is 0 Å². The molecule has 0 saturated heterocycles. The molecule has 0 radical (unpaired) electrons. The Kier molecular flexibility index (Phi) is 3.63. The summed E-state index contributed by atoms with van der Waals surface area (Å²) in [6.07, 6.45) is 1.43. The maximum absolute atomic E-state index is 11.0. The number of hydrogen-bond acceptors (Lipinski definition) is 4. The van der Waals surface area contributed by atoms with Crippen molar-refractivity contribution in [3.63, 3.8) is 0 Å². The van der Waals surface area contributed by atoms with Gasteiger partial charge in [-0.3, -0.25) is 9.59 Å². The first kappa shape index (κ1) is 10.7. The maximum Gasteiger partial charge on any atom is 0.280 e. The normalized spacial score (nSPS) is 9.57. The highest BCUT2D eigenvalue weighted by Gasteiger charge is 2.04. The predicted octanol–water partition coefficient (Wildman–Crippen LogP) is -0.310. The predicted molar refractivity (Wildman–Crippen MR) is 55.1 cm³/mol. The van der Waals surface area contributed by atoms with E-state index >= 15 is 0 Å². The number of carbonyl (C=O) groups excluding carboxylic acids is 1. The van der Waals surface area contributed by atoms with Gasteiger partial charge in [-0.15, -0.1) is 0 Å². The van der Waals surface area contributed by atoms with Crippen LogP contribution in [-0.2, 0) is 4.79 Å². The Labute approximate surface area is 88.2 Å². The molecule has 0 aliphatic carbocycles. The molecule has 1 rings (SSSR count). The third-order valence-electron chi connectivity index (χ3n) is 1.51. The number of anilines is 1. The minimum absolute atomic E-state index is 0.0975. The van der Waals surface area contributed by atoms with Gasteiger partial charge in [0.05, 0.1) is 18.4 Å². The number of amides is 1. The van der Waals surface area contributed by atoms with Gasteiger partial charge in [-0.1, -0.05) is 0 Å². The number of nitrogens with zero attached hydrogens (tertiary/aromatic N) is 1. The molecule has 76 valence electrons. The number of nitrogens with one attached hydrogen (secondary N) is 3. The number of rotatable bonds is 3. The zero-order valence-electron chi connectivity index (χ0n) is 7.43. The number of hydrogen-bond donors (Lipinski definition) is 3. The van der Waals surface area contributed by atoms with Crippen molar-refractivity contribution in [1.82, 2.24) is 15.5 Å². The molecule has 3 N–H and O–H groups in total. The SMILES string of the molecule is CNC(=O)CNc1cn[nH]c(=O)c1Br. The van der Waals surface area contributed by atoms with Gasteiger partial charge >= 0.3 is 0 Å². The molecule has 0 aliphatic rings. The third-order valence-corrected chi connectivity index (χ3v) is 2.30. The number of H-pyrrole nitrogens is 1. The molecule has 7 heteroatoms. The fraction of sp³-hybridized carbons (Fsp3) is 0.286. The van der Waals surface area contributed by atoms with Crippen LogP contribution in [0.2, 0.25) is 0 Å². The van der Waals surface area contributed by atoms with Crippen molar-refractivity contribution in [3.05, 3.63) is 21.0 Å². The summed E-state index contributed by atoms with van der Waals surface area (Å²) in [4.78, 5) is 21.9. The summed E-state index contributed by atoms with van der Waals surface area (Å²) < 4.78 is 0.330. The second kappa shape index (κ2) is 4.75. The molecule has 1 amide bonds. The molecule has 0 atom stereocenters. The van der Waals surface area contributed by atoms with Gasteiger partial charge in [-0.2, -0.15) is 5.10 Å². The standard InChI is InChI=1S/C7H9BrN4O2/c1-9-5(13)3-10-4-2-11-12-7(14)6(4)8/h2H,3H2,1H3,(H,9,13)(H2,10,12,14). The van der Waals surface area contributed by atoms with Crippen molar-refractivity contribution in [2.45, 2.75) is 0 Å². The fourth-order valence-electron chi connectivity index (χ4n) is 0.771. The summed E-state index contributed by atoms with van der Waals surface area (Å²) in [6, 6.07) is 0. The highest BCUT2D eigenvalue weighted by molar-refractivity contribution is 9.10. The molecule has 1 aromatic heterocycles. The number of halogens is 1. The minimum atomic E-state index is -0.341. The second-order valence-corrected chi connectivity index (χ2v) is 3.25. The van der Waals surface area contributed by atoms with Crippen LogP contribution in [0.4, 0.5) is 5.69 Å². The topological polar surface area (TPSA) is 86.9 Å². The van der Waals surface area contributed by atoms with E-state index in [2.05, 4.69) is 36.8 Å². The Bertz CT molecular complexity index is 390. The lowest BCUT2D eigenvalue weighted by Gasteiger charge is -2.05. The van der Waals surface area contributed by atoms with Gasteiger partial charge in [-0.25, -0.2) is 5.10 Å². The average molecular weight is 261 g/mol. The third kappa shape index (κ3) is 2.56. The van der Waals surface area contributed by atoms with E-state index in [0.29, 0.717) is 10.2 Å². The van der Waals surface area contributed by atoms with Gasteiger partial charge in [0.25, 0.3) is 5.56 Å². The highest BCUT2D eigenvalue weighted by atomic mass is 79.9. The molecule has 14 heavy (non-hydrogen) atoms. The molecule has 0 fully saturated rings. The van der Waals surface area contributed by atoms with Gasteiger partial charge in [0, 0.05) is 7.05 Å². The summed E-state index contributed by atoms with van der Waals surface area (Å²) in [6.45, 7) is 0.0975. The smallest absolute Gasteiger partial charge is 0.280 e. The first-order valence-electron chi connectivity index (χ1n) is 3.82. The number of aromatic nitrogens is 2. The van der Waals surface area contributed by atoms with E-state index in [4.69, 9.17) is 0 Å². The molecule has 6 nitrogen and oxygen atoms in total. The van der Waals surface area contributed by atoms with Crippen LogP contribution in [0.3, 0.4) is 0 Å². The van der Waals surface area contributed by atoms with E-state index in [1.54, 1.807) is 0 Å². The summed E-state index contributed by atoms with van der Waals surface area (Å²) in [5.41, 5.74) is 0.143. The van der Waals surface area contributed by atoms with E-state index < -0.39 is 0 Å². The molecule has 0 aromatic carbocycles. The van der Waals surface area contributed by atoms with Crippen molar-refractivity contribution in [2.75, 3.05) is 18.9 Å². The molecule has 1 heterocycles. The summed E-state index contributed by atoms with van der Waals surface area (Å²) >= 11 is 3.07. The highest BCUT2D eigenvalue weighted by Crippen LogP contribution is 2.14. The summed E-state index contributed by atoms with van der Waals surface area (Å²) in [5.74, 6) is -0.169. The maximum atomic E-state index is 11.0. The van der Waals surface area contributed by atoms with Crippen molar-refractivity contribution in [2.24, 2.45) is 0 Å². The molecule has 0 saturated carbocycles. The monoisotopic (exact) mass is 260 g/mol. The number of likely N-dealkylation sites (N-methyl/N-ethyl adjacent to an activating group) is 1. The summed E-state index contributed by atoms with van der Waals surface area (Å²) in [7, 11) is 1.54. The minimum Gasteiger partial charge on any atom is -0.374 e. The lowest BCUT2D eigenvalue weighted by molar-refractivity contribution is -0.118. The van der Waals surface area contributed by atoms with Crippen LogP contribution < -0.4 is 16.2 Å². The van der Waals surface area contributed by atoms with Crippen molar-refractivity contribution in [1.29, 1.82) is 0 Å². The van der Waals surface area contributed by atoms with Gasteiger partial charge in [0.15, 0.2) is 0 Å². The van der Waals surface area contributed by atoms with Crippen molar-refractivity contribution < 1.29 is 4.79 Å². The molecule has 0 spiro atoms. The van der Waals surface area contributed by atoms with Gasteiger partial charge in [-0.05, 0) is 15.9 Å². The molecule has 1 aromatic rings. The zero-order chi connectivity index (χ0) is 10.6. The van der Waals surface area contributed by atoms with Crippen LogP contribution in [0.25, 0.3) is 0 Å². The average Bonchev–Trinajstić information content (AvgIpc) is 2.20. The Hall–Kier alpha value is -1.37. The van der Waals surface area contributed by atoms with Crippen LogP contribution in [0.1, 0.15) is 0 Å². The van der Waals surface area contributed by atoms with E-state index in [-0.39, 0.29) is 18.0 Å². The Morgan fingerprint density at radius 3 is 3.07 bits per heavy atom.